The first-order valence-electron chi connectivity index (χ1n) is 10.9. The molecule has 0 unspecified atom stereocenters. The van der Waals surface area contributed by atoms with E-state index in [9.17, 15) is 0 Å². The van der Waals surface area contributed by atoms with Crippen molar-refractivity contribution in [3.05, 3.63) is 100 Å². The summed E-state index contributed by atoms with van der Waals surface area (Å²) in [5.41, 5.74) is 4.65. The normalized spacial score (nSPS) is 10.9. The Bertz CT molecular complexity index is 1160. The Morgan fingerprint density at radius 2 is 1.30 bits per heavy atom. The molecule has 4 aromatic rings. The van der Waals surface area contributed by atoms with Gasteiger partial charge in [-0.05, 0) is 46.3 Å². The van der Waals surface area contributed by atoms with E-state index in [2.05, 4.69) is 70.9 Å². The van der Waals surface area contributed by atoms with E-state index in [1.165, 1.54) is 16.0 Å². The van der Waals surface area contributed by atoms with E-state index < -0.39 is 0 Å². The molecule has 0 bridgehead atoms. The second-order valence-corrected chi connectivity index (χ2v) is 8.80. The molecule has 0 radical (unpaired) electrons. The van der Waals surface area contributed by atoms with Crippen LogP contribution < -0.4 is 14.2 Å². The molecule has 3 aromatic carbocycles. The Kier molecular flexibility index (Phi) is 7.66. The van der Waals surface area contributed by atoms with Crippen molar-refractivity contribution < 1.29 is 14.2 Å². The molecule has 4 nitrogen and oxygen atoms in total. The van der Waals surface area contributed by atoms with Crippen LogP contribution in [-0.2, 0) is 19.6 Å². The molecule has 0 aliphatic rings. The van der Waals surface area contributed by atoms with Crippen LogP contribution >= 0.6 is 11.3 Å². The second kappa shape index (κ2) is 11.0. The first-order valence-corrected chi connectivity index (χ1v) is 11.8. The van der Waals surface area contributed by atoms with Gasteiger partial charge in [-0.15, -0.1) is 11.3 Å². The predicted molar refractivity (Wildman–Crippen MR) is 135 cm³/mol. The first-order chi connectivity index (χ1) is 16.2. The molecule has 0 aliphatic carbocycles. The molecule has 0 spiro atoms. The zero-order valence-electron chi connectivity index (χ0n) is 19.3. The van der Waals surface area contributed by atoms with Crippen molar-refractivity contribution in [3.8, 4) is 28.4 Å². The summed E-state index contributed by atoms with van der Waals surface area (Å²) in [4.78, 5) is 3.77. The van der Waals surface area contributed by atoms with Crippen molar-refractivity contribution in [1.82, 2.24) is 4.90 Å². The van der Waals surface area contributed by atoms with E-state index in [1.54, 1.807) is 32.7 Å². The zero-order valence-corrected chi connectivity index (χ0v) is 20.1. The van der Waals surface area contributed by atoms with Crippen LogP contribution in [0.4, 0.5) is 0 Å². The maximum atomic E-state index is 5.65. The van der Waals surface area contributed by atoms with Gasteiger partial charge in [0.2, 0.25) is 0 Å². The number of hydrogen-bond donors (Lipinski definition) is 0. The average Bonchev–Trinajstić information content (AvgIpc) is 3.37. The van der Waals surface area contributed by atoms with E-state index in [0.717, 1.165) is 48.0 Å². The summed E-state index contributed by atoms with van der Waals surface area (Å²) in [5, 5.41) is 2.13. The maximum absolute atomic E-state index is 5.65. The molecule has 1 heterocycles. The molecule has 170 valence electrons. The minimum atomic E-state index is 0.731. The summed E-state index contributed by atoms with van der Waals surface area (Å²) >= 11 is 1.78. The van der Waals surface area contributed by atoms with Gasteiger partial charge in [0.25, 0.3) is 0 Å². The van der Waals surface area contributed by atoms with Gasteiger partial charge in [-0.25, -0.2) is 0 Å². The van der Waals surface area contributed by atoms with Crippen LogP contribution in [0, 0.1) is 0 Å². The largest absolute Gasteiger partial charge is 0.496 e. The molecular formula is C28H29NO3S. The summed E-state index contributed by atoms with van der Waals surface area (Å²) in [6.45, 7) is 2.36. The number of thiophene rings is 1. The number of methoxy groups -OCH3 is 3. The summed E-state index contributed by atoms with van der Waals surface area (Å²) in [6.07, 6.45) is 0. The van der Waals surface area contributed by atoms with Gasteiger partial charge in [0.1, 0.15) is 5.75 Å². The molecule has 0 atom stereocenters. The maximum Gasteiger partial charge on any atom is 0.161 e. The molecule has 0 aliphatic heterocycles. The smallest absolute Gasteiger partial charge is 0.161 e. The van der Waals surface area contributed by atoms with E-state index in [1.807, 2.05) is 18.2 Å². The summed E-state index contributed by atoms with van der Waals surface area (Å²) < 4.78 is 16.9. The fourth-order valence-electron chi connectivity index (χ4n) is 4.04. The van der Waals surface area contributed by atoms with Crippen LogP contribution in [0.1, 0.15) is 16.0 Å². The molecule has 0 amide bonds. The van der Waals surface area contributed by atoms with Gasteiger partial charge in [0, 0.05) is 30.1 Å². The quantitative estimate of drug-likeness (QED) is 0.266. The predicted octanol–water partition coefficient (Wildman–Crippen LogP) is 6.64. The third kappa shape index (κ3) is 5.56. The van der Waals surface area contributed by atoms with Gasteiger partial charge in [0.05, 0.1) is 21.3 Å². The molecule has 33 heavy (non-hydrogen) atoms. The minimum absolute atomic E-state index is 0.731. The molecular weight excluding hydrogens is 430 g/mol. The monoisotopic (exact) mass is 459 g/mol. The molecule has 0 saturated heterocycles. The van der Waals surface area contributed by atoms with Crippen LogP contribution in [0.3, 0.4) is 0 Å². The van der Waals surface area contributed by atoms with Crippen LogP contribution in [0.5, 0.6) is 17.2 Å². The highest BCUT2D eigenvalue weighted by Gasteiger charge is 2.18. The highest BCUT2D eigenvalue weighted by Crippen LogP contribution is 2.37. The number of nitrogens with zero attached hydrogens (tertiary/aromatic N) is 1. The van der Waals surface area contributed by atoms with E-state index >= 15 is 0 Å². The zero-order chi connectivity index (χ0) is 23.0. The lowest BCUT2D eigenvalue weighted by Gasteiger charge is -2.25. The number of benzene rings is 3. The third-order valence-electron chi connectivity index (χ3n) is 5.63. The third-order valence-corrected chi connectivity index (χ3v) is 6.50. The van der Waals surface area contributed by atoms with Crippen molar-refractivity contribution in [2.45, 2.75) is 19.6 Å². The molecule has 0 fully saturated rings. The van der Waals surface area contributed by atoms with Crippen LogP contribution in [0.25, 0.3) is 11.1 Å². The first kappa shape index (κ1) is 22.9. The molecule has 0 saturated carbocycles. The highest BCUT2D eigenvalue weighted by atomic mass is 32.1. The van der Waals surface area contributed by atoms with Crippen molar-refractivity contribution in [2.24, 2.45) is 0 Å². The number of hydrogen-bond acceptors (Lipinski definition) is 5. The van der Waals surface area contributed by atoms with Gasteiger partial charge in [-0.3, -0.25) is 4.90 Å². The van der Waals surface area contributed by atoms with Gasteiger partial charge < -0.3 is 14.2 Å². The number of ether oxygens (including phenoxy) is 3. The summed E-state index contributed by atoms with van der Waals surface area (Å²) in [6, 6.07) is 27.1. The average molecular weight is 460 g/mol. The van der Waals surface area contributed by atoms with Crippen LogP contribution in [0.15, 0.2) is 84.2 Å². The summed E-state index contributed by atoms with van der Waals surface area (Å²) in [5.74, 6) is 2.37. The lowest BCUT2D eigenvalue weighted by Crippen LogP contribution is -2.22. The number of para-hydroxylation sites is 1. The van der Waals surface area contributed by atoms with Crippen molar-refractivity contribution in [2.75, 3.05) is 21.3 Å². The Morgan fingerprint density at radius 3 is 2.00 bits per heavy atom. The summed E-state index contributed by atoms with van der Waals surface area (Å²) in [7, 11) is 5.09. The highest BCUT2D eigenvalue weighted by molar-refractivity contribution is 7.09. The Morgan fingerprint density at radius 1 is 0.636 bits per heavy atom. The fraction of sp³-hybridized carbons (Fsp3) is 0.214. The van der Waals surface area contributed by atoms with Crippen molar-refractivity contribution in [1.29, 1.82) is 0 Å². The van der Waals surface area contributed by atoms with Crippen LogP contribution in [0.2, 0.25) is 0 Å². The lowest BCUT2D eigenvalue weighted by atomic mass is 9.98. The standard InChI is InChI=1S/C28H29NO3S/c1-30-26-14-8-7-12-22(26)18-29(20-24-13-9-15-33-24)19-23-16-27(31-2)28(32-3)17-25(23)21-10-5-4-6-11-21/h4-17H,18-20H2,1-3H3. The molecule has 0 N–H and O–H groups in total. The Labute approximate surface area is 200 Å². The van der Waals surface area contributed by atoms with Crippen molar-refractivity contribution >= 4 is 11.3 Å². The SMILES string of the molecule is COc1ccccc1CN(Cc1cccs1)Cc1cc(OC)c(OC)cc1-c1ccccc1. The molecule has 1 aromatic heterocycles. The lowest BCUT2D eigenvalue weighted by molar-refractivity contribution is 0.245. The Balaban J connectivity index is 1.74. The van der Waals surface area contributed by atoms with Gasteiger partial charge in [-0.1, -0.05) is 54.6 Å². The topological polar surface area (TPSA) is 30.9 Å². The van der Waals surface area contributed by atoms with E-state index in [4.69, 9.17) is 14.2 Å². The van der Waals surface area contributed by atoms with Gasteiger partial charge >= 0.3 is 0 Å². The van der Waals surface area contributed by atoms with E-state index in [-0.39, 0.29) is 0 Å². The number of rotatable bonds is 10. The fourth-order valence-corrected chi connectivity index (χ4v) is 4.79. The second-order valence-electron chi connectivity index (χ2n) is 7.77. The van der Waals surface area contributed by atoms with Crippen molar-refractivity contribution in [3.63, 3.8) is 0 Å². The molecule has 4 rings (SSSR count). The minimum Gasteiger partial charge on any atom is -0.496 e. The van der Waals surface area contributed by atoms with Crippen LogP contribution in [-0.4, -0.2) is 26.2 Å². The van der Waals surface area contributed by atoms with Gasteiger partial charge in [0.15, 0.2) is 11.5 Å². The Hall–Kier alpha value is -3.28. The van der Waals surface area contributed by atoms with E-state index in [0.29, 0.717) is 0 Å². The van der Waals surface area contributed by atoms with Gasteiger partial charge in [-0.2, -0.15) is 0 Å². The molecule has 5 heteroatoms.